The topological polar surface area (TPSA) is 82.1 Å². The quantitative estimate of drug-likeness (QED) is 0.571. The average molecular weight is 315 g/mol. The molecule has 126 valence electrons. The van der Waals surface area contributed by atoms with Crippen molar-refractivity contribution >= 4 is 17.8 Å². The molecule has 7 nitrogen and oxygen atoms in total. The van der Waals surface area contributed by atoms with Gasteiger partial charge in [-0.2, -0.15) is 0 Å². The van der Waals surface area contributed by atoms with E-state index < -0.39 is 41.4 Å². The van der Waals surface area contributed by atoms with Gasteiger partial charge in [-0.05, 0) is 13.8 Å². The minimum absolute atomic E-state index is 0.0240. The van der Waals surface area contributed by atoms with Crippen LogP contribution in [0.15, 0.2) is 0 Å². The molecule has 1 rings (SSSR count). The monoisotopic (exact) mass is 315 g/mol. The van der Waals surface area contributed by atoms with Crippen LogP contribution in [0.2, 0.25) is 0 Å². The Morgan fingerprint density at radius 3 is 2.36 bits per heavy atom. The first kappa shape index (κ1) is 18.4. The molecule has 1 aliphatic rings. The van der Waals surface area contributed by atoms with Crippen molar-refractivity contribution in [3.63, 3.8) is 0 Å². The van der Waals surface area contributed by atoms with Crippen LogP contribution in [-0.2, 0) is 28.6 Å². The molecule has 1 saturated heterocycles. The van der Waals surface area contributed by atoms with Crippen LogP contribution < -0.4 is 0 Å². The summed E-state index contributed by atoms with van der Waals surface area (Å²) in [5.41, 5.74) is -1.67. The molecule has 1 heterocycles. The molecule has 0 aromatic rings. The molecular weight excluding hydrogens is 290 g/mol. The van der Waals surface area contributed by atoms with Gasteiger partial charge >= 0.3 is 11.9 Å². The molecule has 1 amide bonds. The first-order chi connectivity index (χ1) is 10.1. The molecule has 1 fully saturated rings. The number of methoxy groups -OCH3 is 1. The average Bonchev–Trinajstić information content (AvgIpc) is 2.77. The Balaban J connectivity index is 3.10. The second-order valence-corrected chi connectivity index (χ2v) is 6.54. The van der Waals surface area contributed by atoms with E-state index in [9.17, 15) is 14.4 Å². The van der Waals surface area contributed by atoms with Gasteiger partial charge in [0.25, 0.3) is 0 Å². The highest BCUT2D eigenvalue weighted by Crippen LogP contribution is 2.38. The number of hydrogen-bond acceptors (Lipinski definition) is 6. The number of hydrogen-bond donors (Lipinski definition) is 0. The van der Waals surface area contributed by atoms with Crippen molar-refractivity contribution in [2.75, 3.05) is 20.3 Å². The largest absolute Gasteiger partial charge is 0.467 e. The lowest BCUT2D eigenvalue weighted by Crippen LogP contribution is -2.58. The van der Waals surface area contributed by atoms with Gasteiger partial charge in [0.2, 0.25) is 5.91 Å². The molecule has 0 aromatic carbocycles. The number of rotatable bonds is 4. The van der Waals surface area contributed by atoms with Gasteiger partial charge in [0.1, 0.15) is 12.6 Å². The van der Waals surface area contributed by atoms with Gasteiger partial charge in [-0.15, -0.1) is 0 Å². The highest BCUT2D eigenvalue weighted by Gasteiger charge is 2.55. The van der Waals surface area contributed by atoms with Crippen molar-refractivity contribution in [1.29, 1.82) is 0 Å². The van der Waals surface area contributed by atoms with Crippen LogP contribution in [0, 0.1) is 5.41 Å². The Morgan fingerprint density at radius 2 is 1.91 bits per heavy atom. The Hall–Kier alpha value is -1.63. The number of ether oxygens (including phenoxy) is 3. The molecule has 0 bridgehead atoms. The van der Waals surface area contributed by atoms with Crippen molar-refractivity contribution in [2.45, 2.75) is 52.8 Å². The molecular formula is C15H25NO6. The predicted octanol–water partition coefficient (Wildman–Crippen LogP) is 1.10. The van der Waals surface area contributed by atoms with E-state index in [2.05, 4.69) is 0 Å². The van der Waals surface area contributed by atoms with Gasteiger partial charge in [0, 0.05) is 5.41 Å². The third-order valence-corrected chi connectivity index (χ3v) is 3.52. The smallest absolute Gasteiger partial charge is 0.334 e. The predicted molar refractivity (Wildman–Crippen MR) is 77.7 cm³/mol. The summed E-state index contributed by atoms with van der Waals surface area (Å²) in [7, 11) is 1.26. The lowest BCUT2D eigenvalue weighted by Gasteiger charge is -2.38. The molecule has 0 aliphatic carbocycles. The fourth-order valence-corrected chi connectivity index (χ4v) is 2.49. The van der Waals surface area contributed by atoms with Crippen molar-refractivity contribution < 1.29 is 28.6 Å². The highest BCUT2D eigenvalue weighted by atomic mass is 16.6. The summed E-state index contributed by atoms with van der Waals surface area (Å²) in [6.45, 7) is 9.14. The third kappa shape index (κ3) is 3.58. The molecule has 0 unspecified atom stereocenters. The van der Waals surface area contributed by atoms with E-state index in [1.54, 1.807) is 13.8 Å². The lowest BCUT2D eigenvalue weighted by molar-refractivity contribution is -0.165. The van der Waals surface area contributed by atoms with E-state index in [4.69, 9.17) is 14.2 Å². The first-order valence-electron chi connectivity index (χ1n) is 7.25. The van der Waals surface area contributed by atoms with Crippen LogP contribution >= 0.6 is 0 Å². The Morgan fingerprint density at radius 1 is 1.32 bits per heavy atom. The number of carbonyl (C=O) groups excluding carboxylic acids is 3. The van der Waals surface area contributed by atoms with Crippen LogP contribution in [-0.4, -0.2) is 54.8 Å². The zero-order valence-corrected chi connectivity index (χ0v) is 14.1. The van der Waals surface area contributed by atoms with Gasteiger partial charge in [0.15, 0.2) is 5.54 Å². The van der Waals surface area contributed by atoms with E-state index in [-0.39, 0.29) is 13.2 Å². The van der Waals surface area contributed by atoms with Gasteiger partial charge in [-0.25, -0.2) is 4.79 Å². The molecule has 2 atom stereocenters. The van der Waals surface area contributed by atoms with E-state index in [1.807, 2.05) is 20.8 Å². The minimum Gasteiger partial charge on any atom is -0.467 e. The van der Waals surface area contributed by atoms with E-state index >= 15 is 0 Å². The number of nitrogens with zero attached hydrogens (tertiary/aromatic N) is 1. The fourth-order valence-electron chi connectivity index (χ4n) is 2.49. The van der Waals surface area contributed by atoms with Crippen molar-refractivity contribution in [3.05, 3.63) is 0 Å². The van der Waals surface area contributed by atoms with Crippen molar-refractivity contribution in [1.82, 2.24) is 4.90 Å². The molecule has 0 spiro atoms. The highest BCUT2D eigenvalue weighted by molar-refractivity contribution is 5.97. The van der Waals surface area contributed by atoms with Crippen LogP contribution in [0.5, 0.6) is 0 Å². The van der Waals surface area contributed by atoms with Crippen LogP contribution in [0.3, 0.4) is 0 Å². The summed E-state index contributed by atoms with van der Waals surface area (Å²) in [6.07, 6.45) is -1.06. The SMILES string of the molecule is CCOC(=O)CC(=O)N1[C@H](C(C)(C)C)OC[C@@]1(C)C(=O)OC. The lowest BCUT2D eigenvalue weighted by atomic mass is 9.91. The normalized spacial score (nSPS) is 25.0. The Labute approximate surface area is 130 Å². The third-order valence-electron chi connectivity index (χ3n) is 3.52. The maximum Gasteiger partial charge on any atom is 0.334 e. The first-order valence-corrected chi connectivity index (χ1v) is 7.25. The standard InChI is InChI=1S/C15H25NO6/c1-7-21-11(18)8-10(17)16-12(14(2,3)4)22-9-15(16,5)13(19)20-6/h12H,7-9H2,1-6H3/t12-,15-/m0/s1. The zero-order chi connectivity index (χ0) is 17.1. The second kappa shape index (κ2) is 6.64. The second-order valence-electron chi connectivity index (χ2n) is 6.54. The molecule has 1 aliphatic heterocycles. The summed E-state index contributed by atoms with van der Waals surface area (Å²) in [4.78, 5) is 37.6. The molecule has 0 N–H and O–H groups in total. The Bertz CT molecular complexity index is 455. The minimum atomic E-state index is -1.25. The number of carbonyl (C=O) groups is 3. The molecule has 7 heteroatoms. The molecule has 22 heavy (non-hydrogen) atoms. The van der Waals surface area contributed by atoms with Crippen LogP contribution in [0.1, 0.15) is 41.0 Å². The van der Waals surface area contributed by atoms with Crippen LogP contribution in [0.4, 0.5) is 0 Å². The molecule has 0 aromatic heterocycles. The number of esters is 2. The summed E-state index contributed by atoms with van der Waals surface area (Å²) >= 11 is 0. The van der Waals surface area contributed by atoms with E-state index in [0.717, 1.165) is 0 Å². The maximum atomic E-state index is 12.6. The summed E-state index contributed by atoms with van der Waals surface area (Å²) < 4.78 is 15.3. The Kier molecular flexibility index (Phi) is 5.56. The summed E-state index contributed by atoms with van der Waals surface area (Å²) in [5, 5.41) is 0. The summed E-state index contributed by atoms with van der Waals surface area (Å²) in [5.74, 6) is -1.71. The fraction of sp³-hybridized carbons (Fsp3) is 0.800. The van der Waals surface area contributed by atoms with Crippen LogP contribution in [0.25, 0.3) is 0 Å². The van der Waals surface area contributed by atoms with Gasteiger partial charge in [0.05, 0.1) is 20.3 Å². The van der Waals surface area contributed by atoms with Crippen molar-refractivity contribution in [3.8, 4) is 0 Å². The zero-order valence-electron chi connectivity index (χ0n) is 14.1. The summed E-state index contributed by atoms with van der Waals surface area (Å²) in [6, 6.07) is 0. The molecule has 0 saturated carbocycles. The van der Waals surface area contributed by atoms with Crippen molar-refractivity contribution in [2.24, 2.45) is 5.41 Å². The van der Waals surface area contributed by atoms with E-state index in [0.29, 0.717) is 0 Å². The molecule has 0 radical (unpaired) electrons. The van der Waals surface area contributed by atoms with Gasteiger partial charge < -0.3 is 14.2 Å². The van der Waals surface area contributed by atoms with Gasteiger partial charge in [-0.3, -0.25) is 14.5 Å². The van der Waals surface area contributed by atoms with E-state index in [1.165, 1.54) is 12.0 Å². The number of amides is 1. The maximum absolute atomic E-state index is 12.6. The van der Waals surface area contributed by atoms with Gasteiger partial charge in [-0.1, -0.05) is 20.8 Å².